The SMILES string of the molecule is CCCOc1cccc(C2C(=C(O)c3ccc4c(c3)CC(C)O4)C(=O)C(=O)N2c2nnc(SCc3cccc4ccccc34)s2)c1. The summed E-state index contributed by atoms with van der Waals surface area (Å²) in [6.45, 7) is 4.52. The van der Waals surface area contributed by atoms with E-state index in [1.54, 1.807) is 12.1 Å². The summed E-state index contributed by atoms with van der Waals surface area (Å²) in [6.07, 6.45) is 1.54. The molecule has 1 N–H and O–H groups in total. The largest absolute Gasteiger partial charge is 0.507 e. The lowest BCUT2D eigenvalue weighted by atomic mass is 9.94. The third-order valence-corrected chi connectivity index (χ3v) is 10.2. The summed E-state index contributed by atoms with van der Waals surface area (Å²) < 4.78 is 12.4. The molecule has 0 spiro atoms. The zero-order chi connectivity index (χ0) is 31.8. The molecule has 1 amide bonds. The van der Waals surface area contributed by atoms with Crippen molar-refractivity contribution < 1.29 is 24.2 Å². The smallest absolute Gasteiger partial charge is 0.301 e. The van der Waals surface area contributed by atoms with Gasteiger partial charge in [-0.15, -0.1) is 10.2 Å². The lowest BCUT2D eigenvalue weighted by molar-refractivity contribution is -0.132. The number of hydrogen-bond donors (Lipinski definition) is 1. The maximum absolute atomic E-state index is 13.8. The molecule has 0 aliphatic carbocycles. The van der Waals surface area contributed by atoms with Gasteiger partial charge in [-0.1, -0.05) is 84.6 Å². The van der Waals surface area contributed by atoms with Crippen LogP contribution in [0.1, 0.15) is 48.6 Å². The van der Waals surface area contributed by atoms with Crippen LogP contribution in [0.2, 0.25) is 0 Å². The number of aliphatic hydroxyl groups is 1. The van der Waals surface area contributed by atoms with Crippen molar-refractivity contribution in [3.8, 4) is 11.5 Å². The van der Waals surface area contributed by atoms with Crippen LogP contribution in [0, 0.1) is 0 Å². The summed E-state index contributed by atoms with van der Waals surface area (Å²) in [7, 11) is 0. The van der Waals surface area contributed by atoms with Crippen LogP contribution in [-0.4, -0.2) is 39.7 Å². The Labute approximate surface area is 274 Å². The minimum Gasteiger partial charge on any atom is -0.507 e. The van der Waals surface area contributed by atoms with Crippen molar-refractivity contribution in [2.45, 2.75) is 48.9 Å². The van der Waals surface area contributed by atoms with Gasteiger partial charge in [0.15, 0.2) is 4.34 Å². The molecule has 7 rings (SSSR count). The topological polar surface area (TPSA) is 102 Å². The van der Waals surface area contributed by atoms with E-state index in [0.717, 1.165) is 23.1 Å². The molecule has 2 aliphatic heterocycles. The number of anilines is 1. The number of aromatic nitrogens is 2. The molecule has 3 heterocycles. The summed E-state index contributed by atoms with van der Waals surface area (Å²) in [5.41, 5.74) is 3.16. The van der Waals surface area contributed by atoms with E-state index in [4.69, 9.17) is 9.47 Å². The van der Waals surface area contributed by atoms with Crippen LogP contribution in [-0.2, 0) is 21.8 Å². The van der Waals surface area contributed by atoms with Crippen molar-refractivity contribution in [3.63, 3.8) is 0 Å². The standard InChI is InChI=1S/C36H31N3O5S2/c1-3-16-43-27-12-7-10-23(19-27)31-30(32(40)24-14-15-29-26(18-24)17-21(2)44-29)33(41)34(42)39(31)35-37-38-36(46-35)45-20-25-11-6-9-22-8-4-5-13-28(22)25/h4-15,18-19,21,31,40H,3,16-17,20H2,1-2H3. The first-order valence-electron chi connectivity index (χ1n) is 15.2. The van der Waals surface area contributed by atoms with Gasteiger partial charge >= 0.3 is 5.91 Å². The Morgan fingerprint density at radius 3 is 2.74 bits per heavy atom. The fraction of sp³-hybridized carbons (Fsp3) is 0.222. The number of amides is 1. The van der Waals surface area contributed by atoms with Crippen molar-refractivity contribution in [1.29, 1.82) is 0 Å². The molecule has 0 bridgehead atoms. The molecule has 10 heteroatoms. The van der Waals surface area contributed by atoms with Crippen molar-refractivity contribution in [2.24, 2.45) is 0 Å². The van der Waals surface area contributed by atoms with Gasteiger partial charge in [-0.25, -0.2) is 0 Å². The van der Waals surface area contributed by atoms with E-state index in [1.165, 1.54) is 38.9 Å². The minimum atomic E-state index is -0.933. The average molecular weight is 650 g/mol. The molecule has 0 radical (unpaired) electrons. The van der Waals surface area contributed by atoms with E-state index in [1.807, 2.05) is 62.4 Å². The molecule has 1 aromatic heterocycles. The number of thioether (sulfide) groups is 1. The number of benzene rings is 4. The van der Waals surface area contributed by atoms with E-state index in [2.05, 4.69) is 34.5 Å². The number of rotatable bonds is 9. The molecule has 1 fully saturated rings. The Kier molecular flexibility index (Phi) is 8.23. The number of aliphatic hydroxyl groups excluding tert-OH is 1. The van der Waals surface area contributed by atoms with Gasteiger partial charge in [0, 0.05) is 17.7 Å². The fourth-order valence-corrected chi connectivity index (χ4v) is 7.85. The van der Waals surface area contributed by atoms with Crippen LogP contribution in [0.5, 0.6) is 11.5 Å². The predicted molar refractivity (Wildman–Crippen MR) is 181 cm³/mol. The van der Waals surface area contributed by atoms with Gasteiger partial charge in [0.05, 0.1) is 18.2 Å². The summed E-state index contributed by atoms with van der Waals surface area (Å²) in [4.78, 5) is 28.9. The molecule has 8 nitrogen and oxygen atoms in total. The van der Waals surface area contributed by atoms with Gasteiger partial charge < -0.3 is 14.6 Å². The lowest BCUT2D eigenvalue weighted by Gasteiger charge is -2.23. The number of fused-ring (bicyclic) bond motifs is 2. The van der Waals surface area contributed by atoms with Crippen LogP contribution < -0.4 is 14.4 Å². The van der Waals surface area contributed by atoms with E-state index >= 15 is 0 Å². The summed E-state index contributed by atoms with van der Waals surface area (Å²) in [5.74, 6) is 0.221. The number of nitrogens with zero attached hydrogens (tertiary/aromatic N) is 3. The second-order valence-corrected chi connectivity index (χ2v) is 13.5. The number of Topliss-reactive ketones (excluding diaryl/α,β-unsaturated/α-hetero) is 1. The summed E-state index contributed by atoms with van der Waals surface area (Å²) >= 11 is 2.77. The van der Waals surface area contributed by atoms with Crippen molar-refractivity contribution in [2.75, 3.05) is 11.5 Å². The number of hydrogen-bond acceptors (Lipinski definition) is 9. The van der Waals surface area contributed by atoms with Crippen LogP contribution >= 0.6 is 23.1 Å². The monoisotopic (exact) mass is 649 g/mol. The average Bonchev–Trinajstić information content (AvgIpc) is 3.77. The van der Waals surface area contributed by atoms with Crippen molar-refractivity contribution in [3.05, 3.63) is 113 Å². The third-order valence-electron chi connectivity index (χ3n) is 8.09. The van der Waals surface area contributed by atoms with E-state index in [9.17, 15) is 14.7 Å². The highest BCUT2D eigenvalue weighted by Crippen LogP contribution is 2.45. The van der Waals surface area contributed by atoms with Gasteiger partial charge in [0.1, 0.15) is 23.4 Å². The second-order valence-electron chi connectivity index (χ2n) is 11.3. The third kappa shape index (κ3) is 5.63. The van der Waals surface area contributed by atoms with Crippen LogP contribution in [0.15, 0.2) is 94.8 Å². The lowest BCUT2D eigenvalue weighted by Crippen LogP contribution is -2.29. The first kappa shape index (κ1) is 30.0. The number of carbonyl (C=O) groups excluding carboxylic acids is 2. The van der Waals surface area contributed by atoms with E-state index in [-0.39, 0.29) is 22.6 Å². The van der Waals surface area contributed by atoms with Crippen molar-refractivity contribution in [1.82, 2.24) is 10.2 Å². The molecule has 5 aromatic rings. The molecular weight excluding hydrogens is 619 g/mol. The molecule has 46 heavy (non-hydrogen) atoms. The Morgan fingerprint density at radius 2 is 1.87 bits per heavy atom. The van der Waals surface area contributed by atoms with Crippen molar-refractivity contribution >= 4 is 56.5 Å². The van der Waals surface area contributed by atoms with Gasteiger partial charge in [-0.3, -0.25) is 14.5 Å². The highest BCUT2D eigenvalue weighted by Gasteiger charge is 2.48. The predicted octanol–water partition coefficient (Wildman–Crippen LogP) is 7.72. The van der Waals surface area contributed by atoms with Crippen LogP contribution in [0.25, 0.3) is 16.5 Å². The summed E-state index contributed by atoms with van der Waals surface area (Å²) in [6, 6.07) is 26.1. The zero-order valence-corrected chi connectivity index (χ0v) is 26.9. The zero-order valence-electron chi connectivity index (χ0n) is 25.3. The van der Waals surface area contributed by atoms with Crippen LogP contribution in [0.3, 0.4) is 0 Å². The first-order chi connectivity index (χ1) is 22.4. The van der Waals surface area contributed by atoms with Gasteiger partial charge in [0.25, 0.3) is 5.78 Å². The van der Waals surface area contributed by atoms with E-state index in [0.29, 0.717) is 40.0 Å². The quantitative estimate of drug-likeness (QED) is 0.0570. The number of ketones is 1. The first-order valence-corrected chi connectivity index (χ1v) is 17.0. The maximum Gasteiger partial charge on any atom is 0.301 e. The molecule has 0 saturated carbocycles. The molecule has 2 unspecified atom stereocenters. The fourth-order valence-electron chi connectivity index (χ4n) is 5.98. The molecule has 1 saturated heterocycles. The number of carbonyl (C=O) groups is 2. The summed E-state index contributed by atoms with van der Waals surface area (Å²) in [5, 5.41) is 23.1. The molecule has 2 aliphatic rings. The maximum atomic E-state index is 13.8. The Bertz CT molecular complexity index is 2000. The Hall–Kier alpha value is -4.67. The molecule has 232 valence electrons. The second kappa shape index (κ2) is 12.6. The molecular formula is C36H31N3O5S2. The highest BCUT2D eigenvalue weighted by atomic mass is 32.2. The Morgan fingerprint density at radius 1 is 1.04 bits per heavy atom. The van der Waals surface area contributed by atoms with Gasteiger partial charge in [-0.05, 0) is 71.1 Å². The van der Waals surface area contributed by atoms with E-state index < -0.39 is 17.7 Å². The molecule has 4 aromatic carbocycles. The Balaban J connectivity index is 1.26. The molecule has 2 atom stereocenters. The van der Waals surface area contributed by atoms with Crippen LogP contribution in [0.4, 0.5) is 5.13 Å². The highest BCUT2D eigenvalue weighted by molar-refractivity contribution is 8.00. The minimum absolute atomic E-state index is 0.00952. The normalized spacial score (nSPS) is 18.6. The van der Waals surface area contributed by atoms with Gasteiger partial charge in [-0.2, -0.15) is 0 Å². The number of ether oxygens (including phenoxy) is 2. The van der Waals surface area contributed by atoms with Gasteiger partial charge in [0.2, 0.25) is 5.13 Å².